The maximum atomic E-state index is 5.92. The number of benzene rings is 4. The maximum Gasteiger partial charge on any atom is 0.213 e. The second-order valence-electron chi connectivity index (χ2n) is 6.03. The summed E-state index contributed by atoms with van der Waals surface area (Å²) in [5, 5.41) is 8.06. The van der Waals surface area contributed by atoms with E-state index in [-0.39, 0.29) is 0 Å². The second-order valence-corrected chi connectivity index (χ2v) is 6.40. The second kappa shape index (κ2) is 6.98. The third-order valence-electron chi connectivity index (χ3n) is 4.24. The molecule has 4 aromatic rings. The number of thiocarbonyl (C=S) groups is 1. The smallest absolute Gasteiger partial charge is 0.213 e. The Morgan fingerprint density at radius 2 is 1.46 bits per heavy atom. The molecule has 0 unspecified atom stereocenters. The van der Waals surface area contributed by atoms with Crippen molar-refractivity contribution in [1.29, 1.82) is 0 Å². The summed E-state index contributed by atoms with van der Waals surface area (Å²) < 4.78 is 5.92. The fraction of sp³-hybridized carbons (Fsp3) is 0. The van der Waals surface area contributed by atoms with Gasteiger partial charge in [-0.05, 0) is 46.6 Å². The lowest BCUT2D eigenvalue weighted by Gasteiger charge is -2.14. The van der Waals surface area contributed by atoms with Crippen molar-refractivity contribution in [2.24, 2.45) is 0 Å². The van der Waals surface area contributed by atoms with Gasteiger partial charge in [-0.3, -0.25) is 0 Å². The fourth-order valence-corrected chi connectivity index (χ4v) is 3.08. The van der Waals surface area contributed by atoms with Gasteiger partial charge in [0.25, 0.3) is 0 Å². The summed E-state index contributed by atoms with van der Waals surface area (Å²) in [6.45, 7) is 4.03. The summed E-state index contributed by atoms with van der Waals surface area (Å²) in [7, 11) is 0. The third kappa shape index (κ3) is 3.30. The Morgan fingerprint density at radius 1 is 0.769 bits per heavy atom. The van der Waals surface area contributed by atoms with E-state index in [0.29, 0.717) is 10.7 Å². The van der Waals surface area contributed by atoms with Gasteiger partial charge in [-0.25, -0.2) is 0 Å². The number of hydrogen-bond acceptors (Lipinski definition) is 3. The van der Waals surface area contributed by atoms with Crippen LogP contribution in [0.2, 0.25) is 0 Å². The summed E-state index contributed by atoms with van der Waals surface area (Å²) in [6.07, 6.45) is 0. The van der Waals surface area contributed by atoms with Gasteiger partial charge in [0, 0.05) is 11.1 Å². The topological polar surface area (TPSA) is 21.3 Å². The zero-order valence-electron chi connectivity index (χ0n) is 14.1. The first-order valence-corrected chi connectivity index (χ1v) is 8.76. The lowest BCUT2D eigenvalue weighted by molar-refractivity contribution is 0.572. The Kier molecular flexibility index (Phi) is 4.38. The number of hydrogen-bond donors (Lipinski definition) is 1. The molecular weight excluding hydrogens is 338 g/mol. The van der Waals surface area contributed by atoms with Crippen LogP contribution in [-0.4, -0.2) is 5.05 Å². The van der Waals surface area contributed by atoms with Gasteiger partial charge in [-0.1, -0.05) is 73.3 Å². The minimum atomic E-state index is 0.328. The maximum absolute atomic E-state index is 5.92. The Morgan fingerprint density at radius 3 is 2.31 bits per heavy atom. The Balaban J connectivity index is 1.53. The zero-order chi connectivity index (χ0) is 17.9. The number of anilines is 1. The van der Waals surface area contributed by atoms with Crippen molar-refractivity contribution in [3.63, 3.8) is 0 Å². The predicted octanol–water partition coefficient (Wildman–Crippen LogP) is 6.33. The number of fused-ring (bicyclic) bond motifs is 2. The van der Waals surface area contributed by atoms with Crippen LogP contribution in [-0.2, 0) is 0 Å². The average molecular weight is 355 g/mol. The van der Waals surface area contributed by atoms with Crippen LogP contribution in [0, 0.1) is 0 Å². The van der Waals surface area contributed by atoms with Crippen molar-refractivity contribution in [2.45, 2.75) is 0 Å². The molecule has 2 nitrogen and oxygen atoms in total. The van der Waals surface area contributed by atoms with Gasteiger partial charge in [0.15, 0.2) is 0 Å². The van der Waals surface area contributed by atoms with Crippen molar-refractivity contribution in [2.75, 3.05) is 5.32 Å². The highest BCUT2D eigenvalue weighted by Gasteiger charge is 2.09. The molecule has 0 aliphatic carbocycles. The van der Waals surface area contributed by atoms with Gasteiger partial charge in [0.05, 0.1) is 5.70 Å². The molecule has 0 heterocycles. The first-order chi connectivity index (χ1) is 12.7. The Hall–Kier alpha value is -3.17. The molecule has 0 bridgehead atoms. The average Bonchev–Trinajstić information content (AvgIpc) is 2.68. The molecule has 0 radical (unpaired) electrons. The van der Waals surface area contributed by atoms with Gasteiger partial charge >= 0.3 is 0 Å². The van der Waals surface area contributed by atoms with E-state index in [1.807, 2.05) is 60.7 Å². The van der Waals surface area contributed by atoms with Crippen LogP contribution in [0.25, 0.3) is 21.5 Å². The zero-order valence-corrected chi connectivity index (χ0v) is 14.9. The standard InChI is InChI=1S/C23H17NOS/c1-16(24-20-14-13-17-7-2-3-9-19(17)15-20)23(26)25-22-12-6-10-18-8-4-5-11-21(18)22/h2-15,24H,1H2. The highest BCUT2D eigenvalue weighted by molar-refractivity contribution is 7.80. The van der Waals surface area contributed by atoms with E-state index < -0.39 is 0 Å². The third-order valence-corrected chi connectivity index (χ3v) is 4.57. The van der Waals surface area contributed by atoms with Gasteiger partial charge in [0.2, 0.25) is 5.05 Å². The molecule has 126 valence electrons. The van der Waals surface area contributed by atoms with Crippen LogP contribution in [0.15, 0.2) is 97.2 Å². The van der Waals surface area contributed by atoms with Crippen LogP contribution in [0.4, 0.5) is 5.69 Å². The fourth-order valence-electron chi connectivity index (χ4n) is 2.94. The molecule has 0 aliphatic rings. The van der Waals surface area contributed by atoms with E-state index in [1.54, 1.807) is 0 Å². The molecule has 0 atom stereocenters. The molecule has 4 aromatic carbocycles. The summed E-state index contributed by atoms with van der Waals surface area (Å²) >= 11 is 5.43. The molecule has 0 aliphatic heterocycles. The lowest BCUT2D eigenvalue weighted by atomic mass is 10.1. The van der Waals surface area contributed by atoms with Gasteiger partial charge in [-0.2, -0.15) is 0 Å². The highest BCUT2D eigenvalue weighted by Crippen LogP contribution is 2.26. The van der Waals surface area contributed by atoms with E-state index in [9.17, 15) is 0 Å². The molecular formula is C23H17NOS. The summed E-state index contributed by atoms with van der Waals surface area (Å²) in [5.41, 5.74) is 1.49. The van der Waals surface area contributed by atoms with Crippen LogP contribution in [0.1, 0.15) is 0 Å². The normalized spacial score (nSPS) is 10.6. The first kappa shape index (κ1) is 16.3. The van der Waals surface area contributed by atoms with Crippen LogP contribution >= 0.6 is 12.2 Å². The lowest BCUT2D eigenvalue weighted by Crippen LogP contribution is -2.14. The van der Waals surface area contributed by atoms with Crippen LogP contribution in [0.3, 0.4) is 0 Å². The largest absolute Gasteiger partial charge is 0.443 e. The molecule has 0 saturated carbocycles. The molecule has 26 heavy (non-hydrogen) atoms. The SMILES string of the molecule is C=C(Nc1ccc2ccccc2c1)C(=S)Oc1cccc2ccccc12. The number of rotatable bonds is 4. The van der Waals surface area contributed by atoms with E-state index in [4.69, 9.17) is 17.0 Å². The number of nitrogens with one attached hydrogen (secondary N) is 1. The molecule has 0 amide bonds. The highest BCUT2D eigenvalue weighted by atomic mass is 32.1. The van der Waals surface area contributed by atoms with E-state index >= 15 is 0 Å². The molecule has 3 heteroatoms. The van der Waals surface area contributed by atoms with Crippen molar-refractivity contribution in [3.8, 4) is 5.75 Å². The van der Waals surface area contributed by atoms with Gasteiger partial charge in [0.1, 0.15) is 5.75 Å². The summed E-state index contributed by atoms with van der Waals surface area (Å²) in [4.78, 5) is 0. The van der Waals surface area contributed by atoms with Crippen LogP contribution in [0.5, 0.6) is 5.75 Å². The van der Waals surface area contributed by atoms with Crippen molar-refractivity contribution in [1.82, 2.24) is 0 Å². The van der Waals surface area contributed by atoms with E-state index in [2.05, 4.69) is 36.2 Å². The molecule has 0 fully saturated rings. The van der Waals surface area contributed by atoms with Crippen molar-refractivity contribution >= 4 is 44.5 Å². The van der Waals surface area contributed by atoms with Gasteiger partial charge in [-0.15, -0.1) is 0 Å². The van der Waals surface area contributed by atoms with Gasteiger partial charge < -0.3 is 10.1 Å². The molecule has 4 rings (SSSR count). The summed E-state index contributed by atoms with van der Waals surface area (Å²) in [6, 6.07) is 28.3. The molecule has 0 saturated heterocycles. The molecule has 1 N–H and O–H groups in total. The summed E-state index contributed by atoms with van der Waals surface area (Å²) in [5.74, 6) is 0.731. The first-order valence-electron chi connectivity index (χ1n) is 8.35. The monoisotopic (exact) mass is 355 g/mol. The minimum Gasteiger partial charge on any atom is -0.443 e. The van der Waals surface area contributed by atoms with Crippen LogP contribution < -0.4 is 10.1 Å². The quantitative estimate of drug-likeness (QED) is 0.342. The Labute approximate surface area is 157 Å². The number of ether oxygens (including phenoxy) is 1. The molecule has 0 spiro atoms. The van der Waals surface area contributed by atoms with Crippen molar-refractivity contribution in [3.05, 3.63) is 97.2 Å². The van der Waals surface area contributed by atoms with E-state index in [1.165, 1.54) is 5.39 Å². The Bertz CT molecular complexity index is 1130. The van der Waals surface area contributed by atoms with Crippen molar-refractivity contribution < 1.29 is 4.74 Å². The molecule has 0 aromatic heterocycles. The van der Waals surface area contributed by atoms with E-state index in [0.717, 1.165) is 27.6 Å². The predicted molar refractivity (Wildman–Crippen MR) is 114 cm³/mol. The minimum absolute atomic E-state index is 0.328.